The maximum absolute atomic E-state index is 11.9. The second-order valence-electron chi connectivity index (χ2n) is 9.01. The van der Waals surface area contributed by atoms with Crippen LogP contribution in [-0.2, 0) is 9.53 Å². The molecule has 0 saturated heterocycles. The Hall–Kier alpha value is -0.790. The van der Waals surface area contributed by atoms with E-state index in [2.05, 4.69) is 6.58 Å². The Kier molecular flexibility index (Phi) is 5.01. The maximum Gasteiger partial charge on any atom is 0.306 e. The lowest BCUT2D eigenvalue weighted by molar-refractivity contribution is -0.154. The molecule has 0 aliphatic heterocycles. The highest BCUT2D eigenvalue weighted by Gasteiger charge is 2.49. The number of ether oxygens (including phenoxy) is 1. The molecule has 0 N–H and O–H groups in total. The fourth-order valence-corrected chi connectivity index (χ4v) is 7.00. The van der Waals surface area contributed by atoms with E-state index in [1.807, 2.05) is 0 Å². The summed E-state index contributed by atoms with van der Waals surface area (Å²) in [6.07, 6.45) is 17.2. The average Bonchev–Trinajstić information content (AvgIpc) is 3.08. The van der Waals surface area contributed by atoms with Gasteiger partial charge in [0, 0.05) is 6.42 Å². The number of esters is 1. The summed E-state index contributed by atoms with van der Waals surface area (Å²) in [7, 11) is 0. The van der Waals surface area contributed by atoms with Crippen molar-refractivity contribution in [3.63, 3.8) is 0 Å². The van der Waals surface area contributed by atoms with Gasteiger partial charge in [-0.05, 0) is 93.3 Å². The van der Waals surface area contributed by atoms with Crippen LogP contribution in [-0.4, -0.2) is 12.1 Å². The highest BCUT2D eigenvalue weighted by atomic mass is 16.5. The molecule has 0 aromatic heterocycles. The molecule has 4 aliphatic carbocycles. The zero-order valence-electron chi connectivity index (χ0n) is 15.1. The molecule has 0 bridgehead atoms. The van der Waals surface area contributed by atoms with Crippen molar-refractivity contribution in [2.75, 3.05) is 0 Å². The molecule has 4 rings (SSSR count). The summed E-state index contributed by atoms with van der Waals surface area (Å²) in [6, 6.07) is 0. The molecule has 7 unspecified atom stereocenters. The predicted octanol–water partition coefficient (Wildman–Crippen LogP) is 5.52. The van der Waals surface area contributed by atoms with Crippen molar-refractivity contribution < 1.29 is 9.53 Å². The van der Waals surface area contributed by atoms with Gasteiger partial charge in [-0.25, -0.2) is 0 Å². The van der Waals surface area contributed by atoms with Crippen molar-refractivity contribution in [1.82, 2.24) is 0 Å². The number of hydrogen-bond acceptors (Lipinski definition) is 2. The van der Waals surface area contributed by atoms with Crippen LogP contribution in [0.2, 0.25) is 0 Å². The molecule has 7 atom stereocenters. The summed E-state index contributed by atoms with van der Waals surface area (Å²) < 4.78 is 5.76. The topological polar surface area (TPSA) is 26.3 Å². The van der Waals surface area contributed by atoms with Crippen LogP contribution in [0.3, 0.4) is 0 Å². The van der Waals surface area contributed by atoms with Gasteiger partial charge in [0.1, 0.15) is 6.10 Å². The summed E-state index contributed by atoms with van der Waals surface area (Å²) in [4.78, 5) is 11.9. The first-order chi connectivity index (χ1) is 11.8. The quantitative estimate of drug-likeness (QED) is 0.501. The summed E-state index contributed by atoms with van der Waals surface area (Å²) >= 11 is 0. The summed E-state index contributed by atoms with van der Waals surface area (Å²) in [5, 5.41) is 0. The fraction of sp³-hybridized carbons (Fsp3) is 0.864. The molecule has 2 nitrogen and oxygen atoms in total. The van der Waals surface area contributed by atoms with E-state index in [1.54, 1.807) is 6.08 Å². The minimum absolute atomic E-state index is 0.0153. The standard InChI is InChI=1S/C22H34O2/c1-2-3-7-22(23)24-17-10-13-19-16(14-17)9-12-20-18-6-4-5-15(18)8-11-21(19)20/h2,15-21H,1,3-14H2. The number of carbonyl (C=O) groups excluding carboxylic acids is 1. The van der Waals surface area contributed by atoms with E-state index in [0.29, 0.717) is 6.42 Å². The molecule has 0 heterocycles. The number of carbonyl (C=O) groups is 1. The Labute approximate surface area is 147 Å². The monoisotopic (exact) mass is 330 g/mol. The van der Waals surface area contributed by atoms with E-state index in [-0.39, 0.29) is 12.1 Å². The van der Waals surface area contributed by atoms with E-state index < -0.39 is 0 Å². The van der Waals surface area contributed by atoms with Gasteiger partial charge >= 0.3 is 5.97 Å². The molecule has 2 heteroatoms. The van der Waals surface area contributed by atoms with Crippen LogP contribution in [0.25, 0.3) is 0 Å². The van der Waals surface area contributed by atoms with Crippen molar-refractivity contribution in [2.45, 2.75) is 83.2 Å². The molecular formula is C22H34O2. The molecular weight excluding hydrogens is 296 g/mol. The van der Waals surface area contributed by atoms with Crippen LogP contribution in [0.15, 0.2) is 12.7 Å². The lowest BCUT2D eigenvalue weighted by atomic mass is 9.53. The first-order valence-electron chi connectivity index (χ1n) is 10.6. The molecule has 4 saturated carbocycles. The summed E-state index contributed by atoms with van der Waals surface area (Å²) in [5.41, 5.74) is 0. The number of allylic oxidation sites excluding steroid dienone is 1. The highest BCUT2D eigenvalue weighted by molar-refractivity contribution is 5.69. The summed E-state index contributed by atoms with van der Waals surface area (Å²) in [5.74, 6) is 5.94. The minimum atomic E-state index is -0.0153. The van der Waals surface area contributed by atoms with Crippen molar-refractivity contribution in [3.05, 3.63) is 12.7 Å². The largest absolute Gasteiger partial charge is 0.462 e. The van der Waals surface area contributed by atoms with Crippen LogP contribution in [0, 0.1) is 35.5 Å². The number of fused-ring (bicyclic) bond motifs is 5. The van der Waals surface area contributed by atoms with Gasteiger partial charge in [0.2, 0.25) is 0 Å². The van der Waals surface area contributed by atoms with Gasteiger partial charge in [0.05, 0.1) is 0 Å². The third-order valence-electron chi connectivity index (χ3n) is 7.95. The van der Waals surface area contributed by atoms with Crippen LogP contribution in [0.4, 0.5) is 0 Å². The number of hydrogen-bond donors (Lipinski definition) is 0. The molecule has 4 fully saturated rings. The molecule has 4 aliphatic rings. The lowest BCUT2D eigenvalue weighted by Gasteiger charge is -2.52. The van der Waals surface area contributed by atoms with Crippen LogP contribution < -0.4 is 0 Å². The van der Waals surface area contributed by atoms with Gasteiger partial charge < -0.3 is 4.74 Å². The molecule has 0 amide bonds. The molecule has 0 aromatic carbocycles. The molecule has 134 valence electrons. The van der Waals surface area contributed by atoms with Gasteiger partial charge in [0.15, 0.2) is 0 Å². The molecule has 0 spiro atoms. The van der Waals surface area contributed by atoms with E-state index in [1.165, 1.54) is 51.4 Å². The Balaban J connectivity index is 1.34. The third kappa shape index (κ3) is 3.18. The van der Waals surface area contributed by atoms with E-state index in [4.69, 9.17) is 4.74 Å². The van der Waals surface area contributed by atoms with E-state index in [0.717, 1.165) is 54.8 Å². The van der Waals surface area contributed by atoms with Gasteiger partial charge in [-0.2, -0.15) is 0 Å². The van der Waals surface area contributed by atoms with Crippen molar-refractivity contribution >= 4 is 5.97 Å². The Morgan fingerprint density at radius 3 is 2.38 bits per heavy atom. The van der Waals surface area contributed by atoms with Gasteiger partial charge in [0.25, 0.3) is 0 Å². The minimum Gasteiger partial charge on any atom is -0.462 e. The third-order valence-corrected chi connectivity index (χ3v) is 7.95. The van der Waals surface area contributed by atoms with Crippen LogP contribution >= 0.6 is 0 Å². The molecule has 0 aromatic rings. The van der Waals surface area contributed by atoms with Crippen LogP contribution in [0.5, 0.6) is 0 Å². The first-order valence-corrected chi connectivity index (χ1v) is 10.6. The zero-order chi connectivity index (χ0) is 16.5. The van der Waals surface area contributed by atoms with Crippen molar-refractivity contribution in [3.8, 4) is 0 Å². The van der Waals surface area contributed by atoms with Crippen molar-refractivity contribution in [2.24, 2.45) is 35.5 Å². The maximum atomic E-state index is 11.9. The highest BCUT2D eigenvalue weighted by Crippen LogP contribution is 2.57. The van der Waals surface area contributed by atoms with Gasteiger partial charge in [-0.15, -0.1) is 6.58 Å². The van der Waals surface area contributed by atoms with E-state index in [9.17, 15) is 4.79 Å². The molecule has 24 heavy (non-hydrogen) atoms. The second-order valence-corrected chi connectivity index (χ2v) is 9.01. The Morgan fingerprint density at radius 1 is 0.875 bits per heavy atom. The average molecular weight is 331 g/mol. The predicted molar refractivity (Wildman–Crippen MR) is 96.4 cm³/mol. The second kappa shape index (κ2) is 7.22. The first kappa shape index (κ1) is 16.7. The van der Waals surface area contributed by atoms with E-state index >= 15 is 0 Å². The zero-order valence-corrected chi connectivity index (χ0v) is 15.1. The Morgan fingerprint density at radius 2 is 1.58 bits per heavy atom. The fourth-order valence-electron chi connectivity index (χ4n) is 7.00. The Bertz CT molecular complexity index is 471. The number of rotatable bonds is 4. The van der Waals surface area contributed by atoms with Gasteiger partial charge in [-0.3, -0.25) is 4.79 Å². The lowest BCUT2D eigenvalue weighted by Crippen LogP contribution is -2.45. The molecule has 0 radical (unpaired) electrons. The van der Waals surface area contributed by atoms with Crippen LogP contribution in [0.1, 0.15) is 77.0 Å². The smallest absolute Gasteiger partial charge is 0.306 e. The van der Waals surface area contributed by atoms with Gasteiger partial charge in [-0.1, -0.05) is 18.9 Å². The SMILES string of the molecule is C=CCCC(=O)OC1CCC2C(CCC3C4CCCC4CCC23)C1. The van der Waals surface area contributed by atoms with Crippen molar-refractivity contribution in [1.29, 1.82) is 0 Å². The summed E-state index contributed by atoms with van der Waals surface area (Å²) in [6.45, 7) is 3.69. The normalized spacial score (nSPS) is 44.1.